The summed E-state index contributed by atoms with van der Waals surface area (Å²) in [5.74, 6) is 1.64. The molecule has 0 radical (unpaired) electrons. The zero-order valence-electron chi connectivity index (χ0n) is 16.5. The third-order valence-electron chi connectivity index (χ3n) is 5.21. The van der Waals surface area contributed by atoms with Crippen molar-refractivity contribution in [1.82, 2.24) is 19.9 Å². The van der Waals surface area contributed by atoms with E-state index in [2.05, 4.69) is 50.5 Å². The Morgan fingerprint density at radius 3 is 2.79 bits per heavy atom. The third-order valence-corrected chi connectivity index (χ3v) is 5.21. The van der Waals surface area contributed by atoms with Crippen LogP contribution in [0.4, 0.5) is 17.3 Å². The van der Waals surface area contributed by atoms with Gasteiger partial charge >= 0.3 is 0 Å². The van der Waals surface area contributed by atoms with Gasteiger partial charge in [0.1, 0.15) is 25.8 Å². The molecule has 28 heavy (non-hydrogen) atoms. The van der Waals surface area contributed by atoms with Crippen molar-refractivity contribution in [3.63, 3.8) is 0 Å². The Morgan fingerprint density at radius 2 is 1.93 bits per heavy atom. The molecule has 1 aliphatic rings. The highest BCUT2D eigenvalue weighted by Crippen LogP contribution is 2.23. The zero-order chi connectivity index (χ0) is 19.2. The van der Waals surface area contributed by atoms with Crippen molar-refractivity contribution in [3.05, 3.63) is 42.9 Å². The number of benzene rings is 1. The van der Waals surface area contributed by atoms with Crippen LogP contribution < -0.4 is 16.1 Å². The lowest BCUT2D eigenvalue weighted by Gasteiger charge is -2.26. The predicted molar refractivity (Wildman–Crippen MR) is 119 cm³/mol. The molecular weight excluding hydrogens is 347 g/mol. The van der Waals surface area contributed by atoms with Gasteiger partial charge in [-0.2, -0.15) is 0 Å². The number of rotatable bonds is 7. The van der Waals surface area contributed by atoms with Crippen LogP contribution in [0.2, 0.25) is 0 Å². The van der Waals surface area contributed by atoms with E-state index in [1.54, 1.807) is 6.33 Å². The van der Waals surface area contributed by atoms with E-state index in [9.17, 15) is 0 Å². The molecule has 4 rings (SSSR count). The van der Waals surface area contributed by atoms with Gasteiger partial charge in [-0.3, -0.25) is 0 Å². The van der Waals surface area contributed by atoms with E-state index in [1.807, 2.05) is 24.4 Å². The van der Waals surface area contributed by atoms with Crippen LogP contribution >= 0.6 is 0 Å². The maximum absolute atomic E-state index is 4.57. The molecule has 1 saturated heterocycles. The summed E-state index contributed by atoms with van der Waals surface area (Å²) in [5.41, 5.74) is 3.11. The Bertz CT molecular complexity index is 926. The molecule has 0 unspecified atom stereocenters. The molecule has 3 aromatic rings. The topological polar surface area (TPSA) is 66.0 Å². The highest BCUT2D eigenvalue weighted by atomic mass is 15.1. The van der Waals surface area contributed by atoms with E-state index in [0.29, 0.717) is 0 Å². The number of hydrogen-bond acceptors (Lipinski definition) is 6. The summed E-state index contributed by atoms with van der Waals surface area (Å²) in [5, 5.41) is 7.73. The first-order chi connectivity index (χ1) is 13.8. The number of hydrogen-bond donors (Lipinski definition) is 2. The van der Waals surface area contributed by atoms with Crippen LogP contribution in [0, 0.1) is 0 Å². The lowest BCUT2D eigenvalue weighted by atomic mass is 9.96. The molecule has 0 aliphatic carbocycles. The Morgan fingerprint density at radius 1 is 1.04 bits per heavy atom. The van der Waals surface area contributed by atoms with Crippen LogP contribution in [0.5, 0.6) is 0 Å². The van der Waals surface area contributed by atoms with E-state index in [4.69, 9.17) is 0 Å². The Balaban J connectivity index is 1.38. The molecular formula is C21H27BN6. The van der Waals surface area contributed by atoms with Gasteiger partial charge in [-0.1, -0.05) is 24.0 Å². The number of aromatic nitrogens is 3. The van der Waals surface area contributed by atoms with Crippen LogP contribution in [0.1, 0.15) is 25.7 Å². The minimum atomic E-state index is 0.778. The molecule has 0 atom stereocenters. The van der Waals surface area contributed by atoms with Gasteiger partial charge < -0.3 is 15.5 Å². The van der Waals surface area contributed by atoms with Crippen molar-refractivity contribution in [2.24, 2.45) is 0 Å². The van der Waals surface area contributed by atoms with E-state index in [0.717, 1.165) is 47.7 Å². The van der Waals surface area contributed by atoms with Gasteiger partial charge in [0.05, 0.1) is 10.9 Å². The molecule has 0 saturated carbocycles. The quantitative estimate of drug-likeness (QED) is 0.489. The summed E-state index contributed by atoms with van der Waals surface area (Å²) in [6, 6.07) is 10.2. The maximum Gasteiger partial charge on any atom is 0.143 e. The minimum Gasteiger partial charge on any atom is -0.370 e. The Hall–Kier alpha value is -2.67. The molecule has 2 N–H and O–H groups in total. The molecule has 2 aromatic heterocycles. The van der Waals surface area contributed by atoms with Crippen LogP contribution in [-0.4, -0.2) is 53.9 Å². The zero-order valence-corrected chi connectivity index (χ0v) is 16.5. The van der Waals surface area contributed by atoms with E-state index >= 15 is 0 Å². The van der Waals surface area contributed by atoms with E-state index in [1.165, 1.54) is 37.8 Å². The SMILES string of the molecule is Bc1cccc(Nc2ncnc3cc(NCCCN4CCCCC4)ncc23)c1. The first-order valence-electron chi connectivity index (χ1n) is 10.2. The number of anilines is 3. The van der Waals surface area contributed by atoms with Crippen molar-refractivity contribution >= 4 is 41.5 Å². The van der Waals surface area contributed by atoms with Crippen molar-refractivity contribution in [2.45, 2.75) is 25.7 Å². The van der Waals surface area contributed by atoms with Gasteiger partial charge in [-0.15, -0.1) is 0 Å². The first kappa shape index (κ1) is 18.7. The molecule has 7 heteroatoms. The molecule has 1 fully saturated rings. The fourth-order valence-corrected chi connectivity index (χ4v) is 3.71. The number of likely N-dealkylation sites (tertiary alicyclic amines) is 1. The summed E-state index contributed by atoms with van der Waals surface area (Å²) >= 11 is 0. The van der Waals surface area contributed by atoms with Gasteiger partial charge in [0, 0.05) is 24.5 Å². The smallest absolute Gasteiger partial charge is 0.143 e. The fourth-order valence-electron chi connectivity index (χ4n) is 3.71. The van der Waals surface area contributed by atoms with Crippen molar-refractivity contribution in [2.75, 3.05) is 36.8 Å². The Kier molecular flexibility index (Phi) is 6.02. The standard InChI is InChI=1S/C21H27BN6/c22-16-6-4-7-17(12-16)27-21-18-14-24-20(13-19(18)25-15-26-21)23-8-5-11-28-9-2-1-3-10-28/h4,6-7,12-15H,1-3,5,8-11,22H2,(H,23,24)(H,25,26,27). The normalized spacial score (nSPS) is 14.9. The molecule has 0 amide bonds. The lowest BCUT2D eigenvalue weighted by Crippen LogP contribution is -2.31. The summed E-state index contributed by atoms with van der Waals surface area (Å²) in [6.07, 6.45) is 8.65. The van der Waals surface area contributed by atoms with Crippen LogP contribution in [0.25, 0.3) is 10.9 Å². The van der Waals surface area contributed by atoms with Crippen LogP contribution in [-0.2, 0) is 0 Å². The number of piperidine rings is 1. The van der Waals surface area contributed by atoms with E-state index < -0.39 is 0 Å². The highest BCUT2D eigenvalue weighted by Gasteiger charge is 2.09. The number of nitrogens with one attached hydrogen (secondary N) is 2. The second-order valence-electron chi connectivity index (χ2n) is 7.49. The van der Waals surface area contributed by atoms with Crippen molar-refractivity contribution in [1.29, 1.82) is 0 Å². The summed E-state index contributed by atoms with van der Waals surface area (Å²) in [7, 11) is 2.08. The molecule has 0 spiro atoms. The average Bonchev–Trinajstić information content (AvgIpc) is 2.72. The van der Waals surface area contributed by atoms with Gasteiger partial charge in [0.25, 0.3) is 0 Å². The highest BCUT2D eigenvalue weighted by molar-refractivity contribution is 6.32. The van der Waals surface area contributed by atoms with Crippen LogP contribution in [0.15, 0.2) is 42.9 Å². The molecule has 1 aromatic carbocycles. The van der Waals surface area contributed by atoms with Gasteiger partial charge in [0.15, 0.2) is 0 Å². The lowest BCUT2D eigenvalue weighted by molar-refractivity contribution is 0.228. The van der Waals surface area contributed by atoms with Crippen molar-refractivity contribution in [3.8, 4) is 0 Å². The maximum atomic E-state index is 4.57. The number of nitrogens with zero attached hydrogens (tertiary/aromatic N) is 4. The fraction of sp³-hybridized carbons (Fsp3) is 0.381. The largest absolute Gasteiger partial charge is 0.370 e. The third kappa shape index (κ3) is 4.78. The summed E-state index contributed by atoms with van der Waals surface area (Å²) in [4.78, 5) is 16.0. The molecule has 144 valence electrons. The number of pyridine rings is 1. The molecule has 6 nitrogen and oxygen atoms in total. The summed E-state index contributed by atoms with van der Waals surface area (Å²) < 4.78 is 0. The second kappa shape index (κ2) is 9.02. The van der Waals surface area contributed by atoms with Gasteiger partial charge in [-0.05, 0) is 51.0 Å². The predicted octanol–water partition coefficient (Wildman–Crippen LogP) is 2.31. The average molecular weight is 374 g/mol. The molecule has 0 bridgehead atoms. The minimum absolute atomic E-state index is 0.778. The van der Waals surface area contributed by atoms with Gasteiger partial charge in [-0.25, -0.2) is 15.0 Å². The molecule has 3 heterocycles. The van der Waals surface area contributed by atoms with Gasteiger partial charge in [0.2, 0.25) is 0 Å². The molecule has 1 aliphatic heterocycles. The monoisotopic (exact) mass is 374 g/mol. The summed E-state index contributed by atoms with van der Waals surface area (Å²) in [6.45, 7) is 4.59. The van der Waals surface area contributed by atoms with Crippen LogP contribution in [0.3, 0.4) is 0 Å². The number of fused-ring (bicyclic) bond motifs is 1. The van der Waals surface area contributed by atoms with E-state index in [-0.39, 0.29) is 0 Å². The first-order valence-corrected chi connectivity index (χ1v) is 10.2. The van der Waals surface area contributed by atoms with Crippen molar-refractivity contribution < 1.29 is 0 Å². The second-order valence-corrected chi connectivity index (χ2v) is 7.49. The Labute approximate surface area is 167 Å².